The number of halogens is 1. The van der Waals surface area contributed by atoms with Crippen LogP contribution in [0, 0.1) is 17.8 Å². The molecule has 0 saturated heterocycles. The maximum absolute atomic E-state index is 6.27. The highest BCUT2D eigenvalue weighted by molar-refractivity contribution is 9.10. The van der Waals surface area contributed by atoms with Crippen LogP contribution in [0.3, 0.4) is 0 Å². The molecule has 2 heterocycles. The van der Waals surface area contributed by atoms with Gasteiger partial charge in [-0.15, -0.1) is 10.2 Å². The quantitative estimate of drug-likeness (QED) is 0.560. The Balaban J connectivity index is 1.23. The average molecular weight is 439 g/mol. The molecule has 0 atom stereocenters. The van der Waals surface area contributed by atoms with Crippen molar-refractivity contribution in [2.24, 2.45) is 17.8 Å². The van der Waals surface area contributed by atoms with Gasteiger partial charge in [0.15, 0.2) is 0 Å². The van der Waals surface area contributed by atoms with E-state index in [1.807, 2.05) is 10.9 Å². The first-order valence-corrected chi connectivity index (χ1v) is 11.1. The van der Waals surface area contributed by atoms with Crippen LogP contribution in [0.5, 0.6) is 0 Å². The zero-order valence-corrected chi connectivity index (χ0v) is 17.3. The van der Waals surface area contributed by atoms with Crippen molar-refractivity contribution in [3.8, 4) is 11.5 Å². The van der Waals surface area contributed by atoms with E-state index in [4.69, 9.17) is 4.42 Å². The molecular weight excluding hydrogens is 416 g/mol. The molecule has 3 aromatic rings. The number of rotatable bonds is 4. The summed E-state index contributed by atoms with van der Waals surface area (Å²) in [5.74, 6) is 4.18. The predicted octanol–water partition coefficient (Wildman–Crippen LogP) is 5.21. The van der Waals surface area contributed by atoms with E-state index in [1.165, 1.54) is 44.1 Å². The molecule has 4 saturated carbocycles. The van der Waals surface area contributed by atoms with Crippen molar-refractivity contribution < 1.29 is 4.42 Å². The van der Waals surface area contributed by atoms with Gasteiger partial charge < -0.3 is 4.42 Å². The highest BCUT2D eigenvalue weighted by atomic mass is 79.9. The summed E-state index contributed by atoms with van der Waals surface area (Å²) >= 11 is 3.44. The summed E-state index contributed by atoms with van der Waals surface area (Å²) in [6, 6.07) is 8.37. The van der Waals surface area contributed by atoms with E-state index in [2.05, 4.69) is 55.5 Å². The van der Waals surface area contributed by atoms with Crippen molar-refractivity contribution >= 4 is 15.9 Å². The maximum Gasteiger partial charge on any atom is 0.247 e. The summed E-state index contributed by atoms with van der Waals surface area (Å²) < 4.78 is 9.18. The highest BCUT2D eigenvalue weighted by Gasteiger charge is 2.54. The lowest BCUT2D eigenvalue weighted by Crippen LogP contribution is -2.48. The largest absolute Gasteiger partial charge is 0.420 e. The van der Waals surface area contributed by atoms with Gasteiger partial charge in [-0.3, -0.25) is 4.68 Å². The third-order valence-corrected chi connectivity index (χ3v) is 7.47. The molecule has 0 amide bonds. The van der Waals surface area contributed by atoms with Gasteiger partial charge in [0.25, 0.3) is 0 Å². The Morgan fingerprint density at radius 3 is 2.29 bits per heavy atom. The van der Waals surface area contributed by atoms with Crippen LogP contribution in [0.2, 0.25) is 0 Å². The van der Waals surface area contributed by atoms with Crippen LogP contribution < -0.4 is 0 Å². The van der Waals surface area contributed by atoms with Crippen LogP contribution in [0.15, 0.2) is 45.5 Å². The number of benzene rings is 1. The van der Waals surface area contributed by atoms with E-state index in [0.717, 1.165) is 40.2 Å². The fourth-order valence-corrected chi connectivity index (χ4v) is 6.62. The number of hydrogen-bond donors (Lipinski definition) is 0. The van der Waals surface area contributed by atoms with E-state index >= 15 is 0 Å². The van der Waals surface area contributed by atoms with Crippen molar-refractivity contribution in [2.45, 2.75) is 50.5 Å². The fourth-order valence-electron chi connectivity index (χ4n) is 6.29. The van der Waals surface area contributed by atoms with E-state index in [-0.39, 0.29) is 5.41 Å². The number of nitrogens with zero attached hydrogens (tertiary/aromatic N) is 4. The first kappa shape index (κ1) is 17.0. The van der Waals surface area contributed by atoms with Gasteiger partial charge in [0.1, 0.15) is 0 Å². The second kappa shape index (κ2) is 6.28. The number of hydrogen-bond acceptors (Lipinski definition) is 4. The van der Waals surface area contributed by atoms with Gasteiger partial charge >= 0.3 is 0 Å². The van der Waals surface area contributed by atoms with Crippen LogP contribution in [0.4, 0.5) is 0 Å². The minimum absolute atomic E-state index is 0.160. The molecule has 0 N–H and O–H groups in total. The van der Waals surface area contributed by atoms with Gasteiger partial charge in [-0.05, 0) is 89.9 Å². The molecule has 1 aromatic carbocycles. The summed E-state index contributed by atoms with van der Waals surface area (Å²) in [6.45, 7) is 0.744. The van der Waals surface area contributed by atoms with Gasteiger partial charge in [0.05, 0.1) is 17.2 Å². The smallest absolute Gasteiger partial charge is 0.247 e. The average Bonchev–Trinajstić information content (AvgIpc) is 3.31. The fraction of sp³-hybridized carbons (Fsp3) is 0.500. The molecule has 144 valence electrons. The molecule has 4 aliphatic rings. The molecule has 4 aliphatic carbocycles. The van der Waals surface area contributed by atoms with Gasteiger partial charge in [-0.2, -0.15) is 5.10 Å². The Bertz CT molecular complexity index is 970. The molecule has 0 spiro atoms. The van der Waals surface area contributed by atoms with E-state index < -0.39 is 0 Å². The monoisotopic (exact) mass is 438 g/mol. The third kappa shape index (κ3) is 2.84. The van der Waals surface area contributed by atoms with Crippen LogP contribution in [0.1, 0.15) is 50.0 Å². The van der Waals surface area contributed by atoms with Gasteiger partial charge in [0, 0.05) is 17.2 Å². The summed E-state index contributed by atoms with van der Waals surface area (Å²) in [5, 5.41) is 13.3. The summed E-state index contributed by atoms with van der Waals surface area (Å²) in [5.41, 5.74) is 2.35. The Kier molecular flexibility index (Phi) is 3.80. The first-order chi connectivity index (χ1) is 13.6. The lowest BCUT2D eigenvalue weighted by molar-refractivity contribution is -0.0176. The Morgan fingerprint density at radius 1 is 1.00 bits per heavy atom. The molecule has 0 aliphatic heterocycles. The topological polar surface area (TPSA) is 56.7 Å². The second-order valence-corrected chi connectivity index (χ2v) is 10.1. The van der Waals surface area contributed by atoms with Crippen molar-refractivity contribution in [1.82, 2.24) is 20.0 Å². The minimum atomic E-state index is 0.160. The molecule has 6 heteroatoms. The van der Waals surface area contributed by atoms with E-state index in [9.17, 15) is 0 Å². The zero-order chi connectivity index (χ0) is 18.7. The second-order valence-electron chi connectivity index (χ2n) is 9.16. The minimum Gasteiger partial charge on any atom is -0.420 e. The predicted molar refractivity (Wildman–Crippen MR) is 109 cm³/mol. The molecule has 2 aromatic heterocycles. The molecule has 7 rings (SSSR count). The Morgan fingerprint density at radius 2 is 1.68 bits per heavy atom. The number of aromatic nitrogens is 4. The van der Waals surface area contributed by atoms with Crippen molar-refractivity contribution in [3.63, 3.8) is 0 Å². The van der Waals surface area contributed by atoms with E-state index in [0.29, 0.717) is 5.89 Å². The summed E-state index contributed by atoms with van der Waals surface area (Å²) in [4.78, 5) is 0. The van der Waals surface area contributed by atoms with Crippen LogP contribution in [-0.4, -0.2) is 20.0 Å². The summed E-state index contributed by atoms with van der Waals surface area (Å²) in [6.07, 6.45) is 11.8. The first-order valence-electron chi connectivity index (χ1n) is 10.3. The van der Waals surface area contributed by atoms with Crippen molar-refractivity contribution in [3.05, 3.63) is 52.6 Å². The maximum atomic E-state index is 6.27. The standard InChI is InChI=1S/C22H23BrN4O/c23-19-11-24-27(13-19)12-14-1-3-18(4-2-14)20-25-26-21(28-20)22-8-15-5-16(9-22)7-17(6-15)10-22/h1-4,11,13,15-17H,5-10,12H2. The Labute approximate surface area is 172 Å². The van der Waals surface area contributed by atoms with Crippen LogP contribution >= 0.6 is 15.9 Å². The van der Waals surface area contributed by atoms with Gasteiger partial charge in [0.2, 0.25) is 11.8 Å². The third-order valence-electron chi connectivity index (χ3n) is 7.06. The lowest BCUT2D eigenvalue weighted by Gasteiger charge is -2.55. The van der Waals surface area contributed by atoms with Crippen molar-refractivity contribution in [1.29, 1.82) is 0 Å². The molecular formula is C22H23BrN4O. The molecule has 28 heavy (non-hydrogen) atoms. The van der Waals surface area contributed by atoms with Crippen LogP contribution in [-0.2, 0) is 12.0 Å². The highest BCUT2D eigenvalue weighted by Crippen LogP contribution is 2.60. The molecule has 4 fully saturated rings. The zero-order valence-electron chi connectivity index (χ0n) is 15.7. The molecule has 0 unspecified atom stereocenters. The molecule has 4 bridgehead atoms. The van der Waals surface area contributed by atoms with Gasteiger partial charge in [-0.25, -0.2) is 0 Å². The van der Waals surface area contributed by atoms with Crippen molar-refractivity contribution in [2.75, 3.05) is 0 Å². The SMILES string of the molecule is Brc1cnn(Cc2ccc(-c3nnc(C45CC6CC(CC(C6)C4)C5)o3)cc2)c1. The lowest BCUT2D eigenvalue weighted by atomic mass is 9.49. The molecule has 5 nitrogen and oxygen atoms in total. The van der Waals surface area contributed by atoms with Gasteiger partial charge in [-0.1, -0.05) is 12.1 Å². The normalized spacial score (nSPS) is 30.8. The van der Waals surface area contributed by atoms with Crippen LogP contribution in [0.25, 0.3) is 11.5 Å². The van der Waals surface area contributed by atoms with E-state index in [1.54, 1.807) is 6.20 Å². The molecule has 0 radical (unpaired) electrons. The summed E-state index contributed by atoms with van der Waals surface area (Å²) in [7, 11) is 0. The Hall–Kier alpha value is -1.95.